The molecule has 100 valence electrons. The number of nitrogens with zero attached hydrogens (tertiary/aromatic N) is 1. The van der Waals surface area contributed by atoms with Gasteiger partial charge in [-0.2, -0.15) is 0 Å². The van der Waals surface area contributed by atoms with E-state index in [1.165, 1.54) is 18.3 Å². The van der Waals surface area contributed by atoms with Gasteiger partial charge in [-0.25, -0.2) is 13.2 Å². The molecule has 0 spiro atoms. The third-order valence-electron chi connectivity index (χ3n) is 2.89. The van der Waals surface area contributed by atoms with Crippen molar-refractivity contribution in [3.05, 3.63) is 65.2 Å². The second-order valence-corrected chi connectivity index (χ2v) is 4.22. The van der Waals surface area contributed by atoms with Crippen LogP contribution in [0.2, 0.25) is 0 Å². The number of halogens is 3. The number of aromatic nitrogens is 1. The Morgan fingerprint density at radius 3 is 2.42 bits per heavy atom. The normalized spacial score (nSPS) is 12.4. The van der Waals surface area contributed by atoms with Gasteiger partial charge in [-0.3, -0.25) is 4.98 Å². The van der Waals surface area contributed by atoms with Gasteiger partial charge >= 0.3 is 0 Å². The van der Waals surface area contributed by atoms with Crippen LogP contribution in [0.5, 0.6) is 0 Å². The molecule has 5 heteroatoms. The Labute approximate surface area is 109 Å². The SMILES string of the molecule is CNC(Cc1cc(F)cc(F)c1)c1ccncc1F. The van der Waals surface area contributed by atoms with E-state index in [9.17, 15) is 13.2 Å². The first-order valence-electron chi connectivity index (χ1n) is 5.82. The van der Waals surface area contributed by atoms with E-state index in [4.69, 9.17) is 0 Å². The summed E-state index contributed by atoms with van der Waals surface area (Å²) in [5.41, 5.74) is 0.884. The lowest BCUT2D eigenvalue weighted by Crippen LogP contribution is -2.20. The Balaban J connectivity index is 2.26. The van der Waals surface area contributed by atoms with Gasteiger partial charge in [0.1, 0.15) is 17.5 Å². The summed E-state index contributed by atoms with van der Waals surface area (Å²) >= 11 is 0. The number of likely N-dealkylation sites (N-methyl/N-ethyl adjacent to an activating group) is 1. The summed E-state index contributed by atoms with van der Waals surface area (Å²) in [5.74, 6) is -1.72. The fourth-order valence-corrected chi connectivity index (χ4v) is 2.00. The third-order valence-corrected chi connectivity index (χ3v) is 2.89. The average molecular weight is 266 g/mol. The molecule has 0 saturated heterocycles. The van der Waals surface area contributed by atoms with Gasteiger partial charge in [-0.15, -0.1) is 0 Å². The summed E-state index contributed by atoms with van der Waals surface area (Å²) in [6, 6.07) is 4.47. The molecule has 1 atom stereocenters. The fourth-order valence-electron chi connectivity index (χ4n) is 2.00. The third kappa shape index (κ3) is 3.32. The van der Waals surface area contributed by atoms with Crippen LogP contribution in [0.25, 0.3) is 0 Å². The van der Waals surface area contributed by atoms with Crippen LogP contribution < -0.4 is 5.32 Å². The minimum Gasteiger partial charge on any atom is -0.313 e. The number of benzene rings is 1. The highest BCUT2D eigenvalue weighted by Gasteiger charge is 2.15. The molecule has 1 aromatic heterocycles. The highest BCUT2D eigenvalue weighted by atomic mass is 19.1. The lowest BCUT2D eigenvalue weighted by Gasteiger charge is -2.17. The number of hydrogen-bond donors (Lipinski definition) is 1. The number of hydrogen-bond acceptors (Lipinski definition) is 2. The molecule has 2 rings (SSSR count). The van der Waals surface area contributed by atoms with Gasteiger partial charge in [0, 0.05) is 23.9 Å². The molecule has 0 bridgehead atoms. The highest BCUT2D eigenvalue weighted by Crippen LogP contribution is 2.21. The van der Waals surface area contributed by atoms with Crippen molar-refractivity contribution < 1.29 is 13.2 Å². The summed E-state index contributed by atoms with van der Waals surface area (Å²) in [7, 11) is 1.67. The Bertz CT molecular complexity index is 552. The topological polar surface area (TPSA) is 24.9 Å². The molecule has 2 nitrogen and oxygen atoms in total. The molecule has 0 fully saturated rings. The number of pyridine rings is 1. The molecule has 0 amide bonds. The molecule has 1 N–H and O–H groups in total. The number of rotatable bonds is 4. The van der Waals surface area contributed by atoms with Crippen LogP contribution in [0.15, 0.2) is 36.7 Å². The predicted molar refractivity (Wildman–Crippen MR) is 66.1 cm³/mol. The van der Waals surface area contributed by atoms with Crippen LogP contribution in [0, 0.1) is 17.5 Å². The van der Waals surface area contributed by atoms with Crippen molar-refractivity contribution >= 4 is 0 Å². The zero-order valence-corrected chi connectivity index (χ0v) is 10.3. The standard InChI is InChI=1S/C14H13F3N2/c1-18-14(12-2-3-19-8-13(12)17)6-9-4-10(15)7-11(16)5-9/h2-5,7-8,14,18H,6H2,1H3. The largest absolute Gasteiger partial charge is 0.313 e. The van der Waals surface area contributed by atoms with Crippen molar-refractivity contribution in [2.75, 3.05) is 7.05 Å². The predicted octanol–water partition coefficient (Wildman–Crippen LogP) is 3.00. The molecule has 1 aromatic carbocycles. The molecule has 0 aliphatic carbocycles. The van der Waals surface area contributed by atoms with E-state index in [1.54, 1.807) is 13.1 Å². The first-order chi connectivity index (χ1) is 9.10. The van der Waals surface area contributed by atoms with Crippen LogP contribution in [-0.4, -0.2) is 12.0 Å². The molecular formula is C14H13F3N2. The first-order valence-corrected chi connectivity index (χ1v) is 5.82. The van der Waals surface area contributed by atoms with Gasteiger partial charge in [0.15, 0.2) is 0 Å². The quantitative estimate of drug-likeness (QED) is 0.920. The van der Waals surface area contributed by atoms with Gasteiger partial charge in [0.2, 0.25) is 0 Å². The van der Waals surface area contributed by atoms with Crippen molar-refractivity contribution in [1.82, 2.24) is 10.3 Å². The zero-order chi connectivity index (χ0) is 13.8. The minimum atomic E-state index is -0.639. The van der Waals surface area contributed by atoms with Crippen LogP contribution in [0.1, 0.15) is 17.2 Å². The van der Waals surface area contributed by atoms with Crippen LogP contribution in [-0.2, 0) is 6.42 Å². The molecule has 0 radical (unpaired) electrons. The van der Waals surface area contributed by atoms with Gasteiger partial charge in [-0.1, -0.05) is 0 Å². The van der Waals surface area contributed by atoms with E-state index < -0.39 is 17.5 Å². The van der Waals surface area contributed by atoms with Crippen molar-refractivity contribution in [2.24, 2.45) is 0 Å². The molecule has 1 unspecified atom stereocenters. The summed E-state index contributed by atoms with van der Waals surface area (Å²) in [6.07, 6.45) is 2.88. The van der Waals surface area contributed by atoms with Crippen molar-refractivity contribution in [1.29, 1.82) is 0 Å². The smallest absolute Gasteiger partial charge is 0.146 e. The lowest BCUT2D eigenvalue weighted by molar-refractivity contribution is 0.525. The van der Waals surface area contributed by atoms with E-state index in [-0.39, 0.29) is 12.5 Å². The van der Waals surface area contributed by atoms with Gasteiger partial charge in [0.25, 0.3) is 0 Å². The summed E-state index contributed by atoms with van der Waals surface area (Å²) in [6.45, 7) is 0. The Morgan fingerprint density at radius 1 is 1.16 bits per heavy atom. The van der Waals surface area contributed by atoms with Gasteiger partial charge in [-0.05, 0) is 37.2 Å². The molecular weight excluding hydrogens is 253 g/mol. The Hall–Kier alpha value is -1.88. The van der Waals surface area contributed by atoms with Crippen LogP contribution in [0.4, 0.5) is 13.2 Å². The van der Waals surface area contributed by atoms with E-state index in [1.807, 2.05) is 0 Å². The van der Waals surface area contributed by atoms with E-state index in [0.717, 1.165) is 12.3 Å². The van der Waals surface area contributed by atoms with Crippen molar-refractivity contribution in [3.8, 4) is 0 Å². The maximum Gasteiger partial charge on any atom is 0.146 e. The maximum atomic E-state index is 13.6. The Kier molecular flexibility index (Phi) is 4.16. The zero-order valence-electron chi connectivity index (χ0n) is 10.3. The molecule has 0 aliphatic rings. The summed E-state index contributed by atoms with van der Waals surface area (Å²) in [4.78, 5) is 3.67. The van der Waals surface area contributed by atoms with Crippen molar-refractivity contribution in [3.63, 3.8) is 0 Å². The van der Waals surface area contributed by atoms with Crippen LogP contribution in [0.3, 0.4) is 0 Å². The van der Waals surface area contributed by atoms with E-state index in [2.05, 4.69) is 10.3 Å². The maximum absolute atomic E-state index is 13.6. The minimum absolute atomic E-state index is 0.284. The van der Waals surface area contributed by atoms with Crippen molar-refractivity contribution in [2.45, 2.75) is 12.5 Å². The second-order valence-electron chi connectivity index (χ2n) is 4.22. The molecule has 0 aliphatic heterocycles. The molecule has 1 heterocycles. The van der Waals surface area contributed by atoms with Gasteiger partial charge < -0.3 is 5.32 Å². The van der Waals surface area contributed by atoms with Gasteiger partial charge in [0.05, 0.1) is 6.20 Å². The molecule has 2 aromatic rings. The second kappa shape index (κ2) is 5.84. The summed E-state index contributed by atoms with van der Waals surface area (Å²) in [5, 5.41) is 2.93. The van der Waals surface area contributed by atoms with E-state index in [0.29, 0.717) is 11.1 Å². The summed E-state index contributed by atoms with van der Waals surface area (Å²) < 4.78 is 39.9. The highest BCUT2D eigenvalue weighted by molar-refractivity contribution is 5.24. The average Bonchev–Trinajstić information content (AvgIpc) is 2.36. The lowest BCUT2D eigenvalue weighted by atomic mass is 9.99. The molecule has 19 heavy (non-hydrogen) atoms. The van der Waals surface area contributed by atoms with E-state index >= 15 is 0 Å². The first kappa shape index (κ1) is 13.5. The van der Waals surface area contributed by atoms with Crippen LogP contribution >= 0.6 is 0 Å². The molecule has 0 saturated carbocycles. The number of nitrogens with one attached hydrogen (secondary N) is 1. The fraction of sp³-hybridized carbons (Fsp3) is 0.214. The Morgan fingerprint density at radius 2 is 1.84 bits per heavy atom. The monoisotopic (exact) mass is 266 g/mol.